The second-order valence-electron chi connectivity index (χ2n) is 6.85. The van der Waals surface area contributed by atoms with Crippen molar-refractivity contribution in [2.24, 2.45) is 5.41 Å². The van der Waals surface area contributed by atoms with Crippen LogP contribution < -0.4 is 4.72 Å². The second-order valence-corrected chi connectivity index (χ2v) is 8.53. The average molecular weight is 332 g/mol. The summed E-state index contributed by atoms with van der Waals surface area (Å²) in [5.41, 5.74) is 1.14. The molecule has 2 aliphatic carbocycles. The Morgan fingerprint density at radius 1 is 1.35 bits per heavy atom. The quantitative estimate of drug-likeness (QED) is 0.902. The fourth-order valence-corrected chi connectivity index (χ4v) is 5.55. The van der Waals surface area contributed by atoms with E-state index in [0.717, 1.165) is 30.2 Å². The summed E-state index contributed by atoms with van der Waals surface area (Å²) >= 11 is 0. The third-order valence-corrected chi connectivity index (χ3v) is 6.99. The number of pyridine rings is 1. The first-order chi connectivity index (χ1) is 10.9. The lowest BCUT2D eigenvalue weighted by Crippen LogP contribution is -2.66. The van der Waals surface area contributed by atoms with E-state index in [0.29, 0.717) is 11.9 Å². The lowest BCUT2D eigenvalue weighted by atomic mass is 9.51. The summed E-state index contributed by atoms with van der Waals surface area (Å²) in [5, 5.41) is 10.8. The van der Waals surface area contributed by atoms with Crippen molar-refractivity contribution in [1.82, 2.24) is 9.71 Å². The maximum atomic E-state index is 12.9. The average Bonchev–Trinajstić information content (AvgIpc) is 2.43. The van der Waals surface area contributed by atoms with Crippen molar-refractivity contribution in [2.75, 3.05) is 0 Å². The van der Waals surface area contributed by atoms with Gasteiger partial charge in [-0.15, -0.1) is 0 Å². The van der Waals surface area contributed by atoms with Gasteiger partial charge in [-0.05, 0) is 49.9 Å². The van der Waals surface area contributed by atoms with Gasteiger partial charge in [-0.1, -0.05) is 12.5 Å². The van der Waals surface area contributed by atoms with Gasteiger partial charge in [0.05, 0.1) is 11.6 Å². The normalized spacial score (nSPS) is 26.0. The van der Waals surface area contributed by atoms with E-state index in [2.05, 4.69) is 9.71 Å². The number of rotatable bonds is 3. The second kappa shape index (κ2) is 5.00. The van der Waals surface area contributed by atoms with Crippen LogP contribution in [0.5, 0.6) is 0 Å². The molecule has 2 fully saturated rings. The van der Waals surface area contributed by atoms with Crippen LogP contribution in [0.4, 0.5) is 0 Å². The van der Waals surface area contributed by atoms with Crippen LogP contribution in [0, 0.1) is 12.3 Å². The summed E-state index contributed by atoms with van der Waals surface area (Å²) in [6, 6.07) is 7.10. The molecular weight excluding hydrogens is 312 g/mol. The van der Waals surface area contributed by atoms with E-state index in [9.17, 15) is 13.5 Å². The standard InChI is InChI=1S/C17H20N2O3S/c1-11-8-12-4-2-7-18-16(12)13(9-11)23(21,22)19-14-10-15(20)17(14)5-3-6-17/h2,4,7-9,14-15,19-20H,3,5-6,10H2,1H3. The maximum Gasteiger partial charge on any atom is 0.243 e. The number of benzene rings is 1. The van der Waals surface area contributed by atoms with Crippen molar-refractivity contribution in [3.8, 4) is 0 Å². The lowest BCUT2D eigenvalue weighted by molar-refractivity contribution is -0.138. The third kappa shape index (κ3) is 2.20. The number of nitrogens with one attached hydrogen (secondary N) is 1. The number of fused-ring (bicyclic) bond motifs is 1. The molecule has 2 unspecified atom stereocenters. The molecule has 0 amide bonds. The monoisotopic (exact) mass is 332 g/mol. The van der Waals surface area contributed by atoms with Gasteiger partial charge in [0.25, 0.3) is 0 Å². The Morgan fingerprint density at radius 3 is 2.78 bits per heavy atom. The van der Waals surface area contributed by atoms with Gasteiger partial charge < -0.3 is 5.11 Å². The van der Waals surface area contributed by atoms with E-state index in [-0.39, 0.29) is 22.5 Å². The molecule has 1 aromatic heterocycles. The van der Waals surface area contributed by atoms with Gasteiger partial charge in [0, 0.05) is 23.0 Å². The molecule has 0 radical (unpaired) electrons. The highest BCUT2D eigenvalue weighted by molar-refractivity contribution is 7.89. The Bertz CT molecular complexity index is 875. The molecule has 122 valence electrons. The molecule has 1 heterocycles. The van der Waals surface area contributed by atoms with Crippen molar-refractivity contribution in [3.05, 3.63) is 36.0 Å². The maximum absolute atomic E-state index is 12.9. The first-order valence-electron chi connectivity index (χ1n) is 7.98. The van der Waals surface area contributed by atoms with Crippen molar-refractivity contribution < 1.29 is 13.5 Å². The summed E-state index contributed by atoms with van der Waals surface area (Å²) in [7, 11) is -3.66. The first kappa shape index (κ1) is 15.1. The number of hydrogen-bond acceptors (Lipinski definition) is 4. The van der Waals surface area contributed by atoms with Gasteiger partial charge >= 0.3 is 0 Å². The molecule has 1 aromatic carbocycles. The van der Waals surface area contributed by atoms with Crippen LogP contribution in [0.1, 0.15) is 31.2 Å². The third-order valence-electron chi connectivity index (χ3n) is 5.50. The summed E-state index contributed by atoms with van der Waals surface area (Å²) in [5.74, 6) is 0. The van der Waals surface area contributed by atoms with Crippen molar-refractivity contribution in [1.29, 1.82) is 0 Å². The van der Waals surface area contributed by atoms with E-state index in [1.165, 1.54) is 0 Å². The Hall–Kier alpha value is -1.50. The molecule has 2 atom stereocenters. The van der Waals surface area contributed by atoms with E-state index < -0.39 is 10.0 Å². The molecule has 4 rings (SSSR count). The van der Waals surface area contributed by atoms with Crippen LogP contribution in [-0.2, 0) is 10.0 Å². The van der Waals surface area contributed by atoms with Gasteiger partial charge in [-0.3, -0.25) is 4.98 Å². The number of sulfonamides is 1. The minimum absolute atomic E-state index is 0.171. The van der Waals surface area contributed by atoms with E-state index >= 15 is 0 Å². The Morgan fingerprint density at radius 2 is 2.13 bits per heavy atom. The fourth-order valence-electron chi connectivity index (χ4n) is 3.95. The predicted octanol–water partition coefficient (Wildman–Crippen LogP) is 2.13. The SMILES string of the molecule is Cc1cc(S(=O)(=O)NC2CC(O)C23CCC3)c2ncccc2c1. The number of aliphatic hydroxyl groups excluding tert-OH is 1. The van der Waals surface area contributed by atoms with Gasteiger partial charge in [-0.2, -0.15) is 0 Å². The number of hydrogen-bond donors (Lipinski definition) is 2. The zero-order chi connectivity index (χ0) is 16.2. The van der Waals surface area contributed by atoms with Gasteiger partial charge in [0.2, 0.25) is 10.0 Å². The van der Waals surface area contributed by atoms with Crippen molar-refractivity contribution in [3.63, 3.8) is 0 Å². The Labute approximate surface area is 135 Å². The summed E-state index contributed by atoms with van der Waals surface area (Å²) in [6.45, 7) is 1.88. The van der Waals surface area contributed by atoms with Crippen LogP contribution in [-0.4, -0.2) is 30.7 Å². The van der Waals surface area contributed by atoms with Crippen molar-refractivity contribution in [2.45, 2.75) is 49.6 Å². The summed E-state index contributed by atoms with van der Waals surface area (Å²) < 4.78 is 28.6. The molecule has 2 aliphatic rings. The zero-order valence-corrected chi connectivity index (χ0v) is 13.8. The van der Waals surface area contributed by atoms with Crippen LogP contribution in [0.25, 0.3) is 10.9 Å². The first-order valence-corrected chi connectivity index (χ1v) is 9.46. The van der Waals surface area contributed by atoms with Crippen LogP contribution in [0.2, 0.25) is 0 Å². The fraction of sp³-hybridized carbons (Fsp3) is 0.471. The van der Waals surface area contributed by atoms with Crippen LogP contribution >= 0.6 is 0 Å². The zero-order valence-electron chi connectivity index (χ0n) is 13.0. The van der Waals surface area contributed by atoms with Gasteiger partial charge in [-0.25, -0.2) is 13.1 Å². The molecule has 2 N–H and O–H groups in total. The minimum Gasteiger partial charge on any atom is -0.392 e. The molecule has 0 saturated heterocycles. The summed E-state index contributed by atoms with van der Waals surface area (Å²) in [6.07, 6.45) is 4.58. The smallest absolute Gasteiger partial charge is 0.243 e. The van der Waals surface area contributed by atoms with Crippen molar-refractivity contribution >= 4 is 20.9 Å². The minimum atomic E-state index is -3.66. The van der Waals surface area contributed by atoms with E-state index in [4.69, 9.17) is 0 Å². The molecular formula is C17H20N2O3S. The number of aliphatic hydroxyl groups is 1. The van der Waals surface area contributed by atoms with Crippen LogP contribution in [0.3, 0.4) is 0 Å². The van der Waals surface area contributed by atoms with Crippen LogP contribution in [0.15, 0.2) is 35.4 Å². The largest absolute Gasteiger partial charge is 0.392 e. The molecule has 5 nitrogen and oxygen atoms in total. The molecule has 0 aliphatic heterocycles. The lowest BCUT2D eigenvalue weighted by Gasteiger charge is -2.59. The highest BCUT2D eigenvalue weighted by atomic mass is 32.2. The number of aryl methyl sites for hydroxylation is 1. The van der Waals surface area contributed by atoms with Gasteiger partial charge in [0.15, 0.2) is 0 Å². The predicted molar refractivity (Wildman–Crippen MR) is 87.5 cm³/mol. The highest BCUT2D eigenvalue weighted by Gasteiger charge is 2.58. The Balaban J connectivity index is 1.72. The van der Waals surface area contributed by atoms with E-state index in [1.54, 1.807) is 18.3 Å². The molecule has 0 bridgehead atoms. The highest BCUT2D eigenvalue weighted by Crippen LogP contribution is 2.56. The molecule has 2 aromatic rings. The Kier molecular flexibility index (Phi) is 3.27. The molecule has 23 heavy (non-hydrogen) atoms. The topological polar surface area (TPSA) is 79.3 Å². The summed E-state index contributed by atoms with van der Waals surface area (Å²) in [4.78, 5) is 4.48. The molecule has 2 saturated carbocycles. The number of nitrogens with zero attached hydrogens (tertiary/aromatic N) is 1. The van der Waals surface area contributed by atoms with E-state index in [1.807, 2.05) is 19.1 Å². The van der Waals surface area contributed by atoms with Gasteiger partial charge in [0.1, 0.15) is 4.90 Å². The molecule has 6 heteroatoms. The molecule has 1 spiro atoms. The number of aromatic nitrogens is 1.